The van der Waals surface area contributed by atoms with Crippen LogP contribution in [0.3, 0.4) is 0 Å². The van der Waals surface area contributed by atoms with E-state index in [1.165, 1.54) is 0 Å². The Labute approximate surface area is 111 Å². The molecule has 2 rings (SSSR count). The summed E-state index contributed by atoms with van der Waals surface area (Å²) in [6.07, 6.45) is 0. The number of fused-ring (bicyclic) bond motifs is 1. The number of ether oxygens (including phenoxy) is 2. The van der Waals surface area contributed by atoms with Crippen molar-refractivity contribution in [2.45, 2.75) is 0 Å². The van der Waals surface area contributed by atoms with Crippen LogP contribution in [0, 0.1) is 5.41 Å². The Bertz CT molecular complexity index is 337. The van der Waals surface area contributed by atoms with Crippen LogP contribution in [0.2, 0.25) is 0 Å². The zero-order valence-corrected chi connectivity index (χ0v) is 13.3. The van der Waals surface area contributed by atoms with Gasteiger partial charge in [0.1, 0.15) is 13.2 Å². The van der Waals surface area contributed by atoms with E-state index < -0.39 is 0 Å². The summed E-state index contributed by atoms with van der Waals surface area (Å²) in [5, 5.41) is 3.90. The van der Waals surface area contributed by atoms with E-state index in [0.717, 1.165) is 11.5 Å². The van der Waals surface area contributed by atoms with Crippen molar-refractivity contribution in [2.75, 3.05) is 26.4 Å². The first kappa shape index (κ1) is 13.9. The first-order valence-electron chi connectivity index (χ1n) is 5.00. The number of hydrogen-bond acceptors (Lipinski definition) is 5. The molecular formula is C9H15O4P3S. The molecule has 0 saturated heterocycles. The third kappa shape index (κ3) is 3.50. The molecule has 1 aliphatic rings. The standard InChI is InChI=1S/C9H15O4P3S/c14-12-5-9(6-13-16-15)3-10-7-1-17-2-8(7)11-4-9/h1-2,16H,3-6,14-15H2. The number of thiophene rings is 1. The molecule has 96 valence electrons. The lowest BCUT2D eigenvalue weighted by molar-refractivity contribution is 0.0202. The summed E-state index contributed by atoms with van der Waals surface area (Å²) in [6.45, 7) is 2.18. The van der Waals surface area contributed by atoms with Gasteiger partial charge < -0.3 is 18.5 Å². The molecule has 1 aromatic rings. The normalized spacial score (nSPS) is 18.5. The van der Waals surface area contributed by atoms with Crippen molar-refractivity contribution < 1.29 is 18.5 Å². The monoisotopic (exact) mass is 312 g/mol. The minimum absolute atomic E-state index is 0.248. The van der Waals surface area contributed by atoms with Crippen molar-refractivity contribution in [3.05, 3.63) is 10.8 Å². The Morgan fingerprint density at radius 2 is 1.94 bits per heavy atom. The van der Waals surface area contributed by atoms with E-state index in [9.17, 15) is 0 Å². The highest BCUT2D eigenvalue weighted by Crippen LogP contribution is 2.38. The smallest absolute Gasteiger partial charge is 0.171 e. The topological polar surface area (TPSA) is 36.9 Å². The van der Waals surface area contributed by atoms with Crippen molar-refractivity contribution in [3.63, 3.8) is 0 Å². The predicted molar refractivity (Wildman–Crippen MR) is 77.4 cm³/mol. The fourth-order valence-corrected chi connectivity index (χ4v) is 3.24. The van der Waals surface area contributed by atoms with Crippen LogP contribution < -0.4 is 9.47 Å². The minimum atomic E-state index is -0.248. The first-order chi connectivity index (χ1) is 8.29. The molecule has 1 aromatic heterocycles. The highest BCUT2D eigenvalue weighted by molar-refractivity contribution is 8.00. The fourth-order valence-electron chi connectivity index (χ4n) is 1.57. The van der Waals surface area contributed by atoms with Crippen molar-refractivity contribution in [1.82, 2.24) is 0 Å². The Morgan fingerprint density at radius 3 is 2.47 bits per heavy atom. The maximum Gasteiger partial charge on any atom is 0.171 e. The van der Waals surface area contributed by atoms with Crippen molar-refractivity contribution in [2.24, 2.45) is 5.41 Å². The molecule has 0 fully saturated rings. The SMILES string of the molecule is POCC1(COPP)COc2cscc2OC1. The summed E-state index contributed by atoms with van der Waals surface area (Å²) in [5.41, 5.74) is -0.248. The lowest BCUT2D eigenvalue weighted by Gasteiger charge is -2.29. The molecule has 3 unspecified atom stereocenters. The molecule has 0 aromatic carbocycles. The highest BCUT2D eigenvalue weighted by atomic mass is 32.1. The average molecular weight is 312 g/mol. The lowest BCUT2D eigenvalue weighted by Crippen LogP contribution is -2.41. The molecule has 0 saturated carbocycles. The van der Waals surface area contributed by atoms with Crippen LogP contribution in [0.15, 0.2) is 10.8 Å². The third-order valence-corrected chi connectivity index (χ3v) is 4.19. The summed E-state index contributed by atoms with van der Waals surface area (Å²) >= 11 is 1.58. The molecule has 1 aliphatic heterocycles. The van der Waals surface area contributed by atoms with Crippen molar-refractivity contribution in [3.8, 4) is 11.5 Å². The second-order valence-corrected chi connectivity index (χ2v) is 6.20. The van der Waals surface area contributed by atoms with Gasteiger partial charge >= 0.3 is 0 Å². The van der Waals surface area contributed by atoms with E-state index in [2.05, 4.69) is 18.4 Å². The molecule has 0 radical (unpaired) electrons. The molecule has 17 heavy (non-hydrogen) atoms. The second-order valence-electron chi connectivity index (χ2n) is 3.90. The Hall–Kier alpha value is 0.510. The van der Waals surface area contributed by atoms with Gasteiger partial charge in [-0.15, -0.1) is 11.3 Å². The van der Waals surface area contributed by atoms with Gasteiger partial charge in [-0.2, -0.15) is 0 Å². The Morgan fingerprint density at radius 1 is 1.29 bits per heavy atom. The van der Waals surface area contributed by atoms with Gasteiger partial charge in [0.05, 0.1) is 18.6 Å². The molecule has 2 heterocycles. The molecule has 8 heteroatoms. The summed E-state index contributed by atoms with van der Waals surface area (Å²) in [7, 11) is 5.21. The van der Waals surface area contributed by atoms with Gasteiger partial charge in [-0.1, -0.05) is 8.93 Å². The van der Waals surface area contributed by atoms with Crippen LogP contribution in [-0.4, -0.2) is 26.4 Å². The van der Waals surface area contributed by atoms with E-state index in [1.54, 1.807) is 11.3 Å². The maximum absolute atomic E-state index is 5.77. The molecule has 0 aliphatic carbocycles. The van der Waals surface area contributed by atoms with Crippen molar-refractivity contribution >= 4 is 38.2 Å². The molecule has 0 spiro atoms. The van der Waals surface area contributed by atoms with E-state index in [0.29, 0.717) is 34.9 Å². The molecular weight excluding hydrogens is 297 g/mol. The lowest BCUT2D eigenvalue weighted by atomic mass is 9.93. The zero-order chi connectivity index (χ0) is 12.1. The third-order valence-electron chi connectivity index (χ3n) is 2.51. The van der Waals surface area contributed by atoms with Crippen LogP contribution >= 0.6 is 38.2 Å². The van der Waals surface area contributed by atoms with Gasteiger partial charge in [-0.25, -0.2) is 0 Å². The maximum atomic E-state index is 5.77. The van der Waals surface area contributed by atoms with E-state index in [4.69, 9.17) is 18.5 Å². The molecule has 0 amide bonds. The summed E-state index contributed by atoms with van der Waals surface area (Å²) < 4.78 is 22.2. The minimum Gasteiger partial charge on any atom is -0.488 e. The molecule has 4 nitrogen and oxygen atoms in total. The molecule has 0 N–H and O–H groups in total. The van der Waals surface area contributed by atoms with Gasteiger partial charge in [0.25, 0.3) is 0 Å². The van der Waals surface area contributed by atoms with E-state index >= 15 is 0 Å². The quantitative estimate of drug-likeness (QED) is 0.784. The molecule has 3 atom stereocenters. The summed E-state index contributed by atoms with van der Waals surface area (Å²) in [5.74, 6) is 1.63. The molecule has 0 bridgehead atoms. The second kappa shape index (κ2) is 6.61. The Balaban J connectivity index is 2.06. The van der Waals surface area contributed by atoms with Crippen LogP contribution in [-0.2, 0) is 9.05 Å². The largest absolute Gasteiger partial charge is 0.488 e. The summed E-state index contributed by atoms with van der Waals surface area (Å²) in [6, 6.07) is 0. The summed E-state index contributed by atoms with van der Waals surface area (Å²) in [4.78, 5) is 0. The van der Waals surface area contributed by atoms with Gasteiger partial charge in [0.15, 0.2) is 11.5 Å². The number of hydrogen-bond donors (Lipinski definition) is 0. The fraction of sp³-hybridized carbons (Fsp3) is 0.556. The highest BCUT2D eigenvalue weighted by Gasteiger charge is 2.36. The zero-order valence-electron chi connectivity index (χ0n) is 9.18. The van der Waals surface area contributed by atoms with Crippen LogP contribution in [0.1, 0.15) is 0 Å². The van der Waals surface area contributed by atoms with Crippen LogP contribution in [0.5, 0.6) is 11.5 Å². The van der Waals surface area contributed by atoms with Crippen molar-refractivity contribution in [1.29, 1.82) is 0 Å². The van der Waals surface area contributed by atoms with Gasteiger partial charge in [0, 0.05) is 28.7 Å². The van der Waals surface area contributed by atoms with Gasteiger partial charge in [0.2, 0.25) is 0 Å². The van der Waals surface area contributed by atoms with Crippen LogP contribution in [0.4, 0.5) is 0 Å². The van der Waals surface area contributed by atoms with E-state index in [1.807, 2.05) is 10.8 Å². The van der Waals surface area contributed by atoms with Gasteiger partial charge in [-0.3, -0.25) is 0 Å². The van der Waals surface area contributed by atoms with Crippen LogP contribution in [0.25, 0.3) is 0 Å². The van der Waals surface area contributed by atoms with E-state index in [-0.39, 0.29) is 5.41 Å². The first-order valence-corrected chi connectivity index (χ1v) is 9.14. The average Bonchev–Trinajstić information content (AvgIpc) is 2.72. The predicted octanol–water partition coefficient (Wildman–Crippen LogP) is 2.71. The number of rotatable bonds is 5. The van der Waals surface area contributed by atoms with Gasteiger partial charge in [-0.05, 0) is 0 Å². The Kier molecular flexibility index (Phi) is 5.42.